The van der Waals surface area contributed by atoms with Crippen molar-refractivity contribution in [1.82, 2.24) is 5.32 Å². The minimum absolute atomic E-state index is 0. The first-order valence-corrected chi connectivity index (χ1v) is 5.84. The van der Waals surface area contributed by atoms with Crippen molar-refractivity contribution in [3.8, 4) is 5.75 Å². The molecule has 1 fully saturated rings. The number of aryl methyl sites for hydroxylation is 1. The van der Waals surface area contributed by atoms with Gasteiger partial charge in [-0.2, -0.15) is 0 Å². The average Bonchev–Trinajstić information content (AvgIpc) is 2.33. The van der Waals surface area contributed by atoms with Gasteiger partial charge >= 0.3 is 0 Å². The lowest BCUT2D eigenvalue weighted by Crippen LogP contribution is -2.37. The Balaban J connectivity index is 0.00000144. The third-order valence-corrected chi connectivity index (χ3v) is 3.04. The van der Waals surface area contributed by atoms with Gasteiger partial charge in [0.25, 0.3) is 0 Å². The van der Waals surface area contributed by atoms with Gasteiger partial charge in [0.2, 0.25) is 6.36 Å². The first-order valence-electron chi connectivity index (χ1n) is 5.84. The zero-order chi connectivity index (χ0) is 11.4. The molecule has 17 heavy (non-hydrogen) atoms. The third-order valence-electron chi connectivity index (χ3n) is 3.04. The number of benzene rings is 1. The largest absolute Gasteiger partial charge is 0.460 e. The molecule has 2 atom stereocenters. The third kappa shape index (κ3) is 3.86. The molecular weight excluding hydrogens is 241 g/mol. The van der Waals surface area contributed by atoms with Crippen LogP contribution in [0.5, 0.6) is 5.75 Å². The molecule has 2 rings (SSSR count). The molecule has 1 aliphatic heterocycles. The minimum atomic E-state index is -1.20. The van der Waals surface area contributed by atoms with Gasteiger partial charge in [0.1, 0.15) is 5.75 Å². The van der Waals surface area contributed by atoms with Gasteiger partial charge in [-0.15, -0.1) is 12.4 Å². The van der Waals surface area contributed by atoms with Crippen LogP contribution in [0, 0.1) is 12.8 Å². The van der Waals surface area contributed by atoms with Crippen molar-refractivity contribution >= 4 is 12.4 Å². The normalized spacial score (nSPS) is 21.4. The smallest absolute Gasteiger partial charge is 0.242 e. The molecule has 1 aromatic rings. The van der Waals surface area contributed by atoms with Gasteiger partial charge in [0.15, 0.2) is 0 Å². The van der Waals surface area contributed by atoms with Crippen LogP contribution in [0.15, 0.2) is 24.3 Å². The molecule has 0 radical (unpaired) electrons. The Morgan fingerprint density at radius 2 is 2.18 bits per heavy atom. The van der Waals surface area contributed by atoms with Gasteiger partial charge in [-0.1, -0.05) is 18.2 Å². The van der Waals surface area contributed by atoms with Crippen molar-refractivity contribution in [2.75, 3.05) is 13.1 Å². The quantitative estimate of drug-likeness (QED) is 0.901. The minimum Gasteiger partial charge on any atom is -0.460 e. The SMILES string of the molecule is Cc1ccccc1OC(F)C1CCCNC1.Cl. The van der Waals surface area contributed by atoms with Crippen molar-refractivity contribution in [1.29, 1.82) is 0 Å². The van der Waals surface area contributed by atoms with Crippen LogP contribution in [0.3, 0.4) is 0 Å². The predicted octanol–water partition coefficient (Wildman–Crippen LogP) is 3.09. The summed E-state index contributed by atoms with van der Waals surface area (Å²) in [6.07, 6.45) is 0.733. The summed E-state index contributed by atoms with van der Waals surface area (Å²) >= 11 is 0. The Bertz CT molecular complexity index is 342. The molecule has 1 heterocycles. The lowest BCUT2D eigenvalue weighted by Gasteiger charge is -2.26. The fourth-order valence-electron chi connectivity index (χ4n) is 2.01. The molecule has 0 spiro atoms. The van der Waals surface area contributed by atoms with E-state index in [1.165, 1.54) is 0 Å². The Morgan fingerprint density at radius 1 is 1.41 bits per heavy atom. The number of halogens is 2. The van der Waals surface area contributed by atoms with E-state index in [1.807, 2.05) is 31.2 Å². The molecule has 1 aliphatic rings. The van der Waals surface area contributed by atoms with Gasteiger partial charge < -0.3 is 10.1 Å². The first-order chi connectivity index (χ1) is 7.77. The van der Waals surface area contributed by atoms with E-state index in [-0.39, 0.29) is 18.3 Å². The maximum atomic E-state index is 13.9. The molecule has 2 unspecified atom stereocenters. The number of alkyl halides is 1. The van der Waals surface area contributed by atoms with Crippen molar-refractivity contribution in [2.24, 2.45) is 5.92 Å². The molecule has 1 N–H and O–H groups in total. The van der Waals surface area contributed by atoms with Crippen molar-refractivity contribution in [2.45, 2.75) is 26.1 Å². The molecule has 96 valence electrons. The standard InChI is InChI=1S/C13H18FNO.ClH/c1-10-5-2-3-7-12(10)16-13(14)11-6-4-8-15-9-11;/h2-3,5,7,11,13,15H,4,6,8-9H2,1H3;1H. The summed E-state index contributed by atoms with van der Waals surface area (Å²) in [4.78, 5) is 0. The summed E-state index contributed by atoms with van der Waals surface area (Å²) < 4.78 is 19.3. The van der Waals surface area contributed by atoms with Crippen molar-refractivity contribution in [3.63, 3.8) is 0 Å². The van der Waals surface area contributed by atoms with Crippen LogP contribution in [0.4, 0.5) is 4.39 Å². The van der Waals surface area contributed by atoms with Gasteiger partial charge in [-0.3, -0.25) is 0 Å². The Labute approximate surface area is 108 Å². The van der Waals surface area contributed by atoms with Crippen LogP contribution in [-0.4, -0.2) is 19.4 Å². The number of para-hydroxylation sites is 1. The molecule has 0 saturated carbocycles. The van der Waals surface area contributed by atoms with E-state index >= 15 is 0 Å². The van der Waals surface area contributed by atoms with E-state index < -0.39 is 6.36 Å². The highest BCUT2D eigenvalue weighted by molar-refractivity contribution is 5.85. The maximum Gasteiger partial charge on any atom is 0.242 e. The predicted molar refractivity (Wildman–Crippen MR) is 69.5 cm³/mol. The molecule has 0 aliphatic carbocycles. The van der Waals surface area contributed by atoms with Crippen LogP contribution >= 0.6 is 12.4 Å². The highest BCUT2D eigenvalue weighted by atomic mass is 35.5. The van der Waals surface area contributed by atoms with Crippen molar-refractivity contribution in [3.05, 3.63) is 29.8 Å². The van der Waals surface area contributed by atoms with Gasteiger partial charge in [-0.25, -0.2) is 4.39 Å². The van der Waals surface area contributed by atoms with Crippen LogP contribution in [0.25, 0.3) is 0 Å². The summed E-state index contributed by atoms with van der Waals surface area (Å²) in [5.74, 6) is 0.633. The van der Waals surface area contributed by atoms with Crippen molar-refractivity contribution < 1.29 is 9.13 Å². The fraction of sp³-hybridized carbons (Fsp3) is 0.538. The topological polar surface area (TPSA) is 21.3 Å². The molecule has 0 amide bonds. The zero-order valence-corrected chi connectivity index (χ0v) is 10.8. The number of rotatable bonds is 3. The van der Waals surface area contributed by atoms with Gasteiger partial charge in [-0.05, 0) is 37.9 Å². The Kier molecular flexibility index (Phi) is 5.72. The van der Waals surface area contributed by atoms with E-state index in [1.54, 1.807) is 0 Å². The number of hydrogen-bond acceptors (Lipinski definition) is 2. The number of ether oxygens (including phenoxy) is 1. The first kappa shape index (κ1) is 14.3. The molecule has 0 aromatic heterocycles. The number of piperidine rings is 1. The summed E-state index contributed by atoms with van der Waals surface area (Å²) in [5.41, 5.74) is 0.980. The van der Waals surface area contributed by atoms with Crippen LogP contribution in [0.1, 0.15) is 18.4 Å². The monoisotopic (exact) mass is 259 g/mol. The molecule has 1 saturated heterocycles. The second kappa shape index (κ2) is 6.82. The Morgan fingerprint density at radius 3 is 2.82 bits per heavy atom. The summed E-state index contributed by atoms with van der Waals surface area (Å²) in [7, 11) is 0. The molecule has 1 aromatic carbocycles. The molecular formula is C13H19ClFNO. The highest BCUT2D eigenvalue weighted by Crippen LogP contribution is 2.23. The Hall–Kier alpha value is -0.800. The van der Waals surface area contributed by atoms with E-state index in [0.717, 1.165) is 24.9 Å². The van der Waals surface area contributed by atoms with E-state index in [9.17, 15) is 4.39 Å². The number of nitrogens with one attached hydrogen (secondary N) is 1. The second-order valence-electron chi connectivity index (χ2n) is 4.34. The fourth-order valence-corrected chi connectivity index (χ4v) is 2.01. The zero-order valence-electron chi connectivity index (χ0n) is 9.99. The lowest BCUT2D eigenvalue weighted by molar-refractivity contribution is 0.00248. The maximum absolute atomic E-state index is 13.9. The summed E-state index contributed by atoms with van der Waals surface area (Å²) in [6, 6.07) is 7.55. The van der Waals surface area contributed by atoms with Gasteiger partial charge in [0, 0.05) is 12.5 Å². The number of hydrogen-bond donors (Lipinski definition) is 1. The lowest BCUT2D eigenvalue weighted by atomic mass is 10.00. The van der Waals surface area contributed by atoms with E-state index in [2.05, 4.69) is 5.32 Å². The molecule has 0 bridgehead atoms. The van der Waals surface area contributed by atoms with E-state index in [4.69, 9.17) is 4.74 Å². The molecule has 2 nitrogen and oxygen atoms in total. The van der Waals surface area contributed by atoms with Crippen LogP contribution in [0.2, 0.25) is 0 Å². The second-order valence-corrected chi connectivity index (χ2v) is 4.34. The van der Waals surface area contributed by atoms with Gasteiger partial charge in [0.05, 0.1) is 0 Å². The van der Waals surface area contributed by atoms with E-state index in [0.29, 0.717) is 12.3 Å². The van der Waals surface area contributed by atoms with Crippen LogP contribution < -0.4 is 10.1 Å². The highest BCUT2D eigenvalue weighted by Gasteiger charge is 2.24. The molecule has 4 heteroatoms. The summed E-state index contributed by atoms with van der Waals surface area (Å²) in [6.45, 7) is 3.64. The summed E-state index contributed by atoms with van der Waals surface area (Å²) in [5, 5.41) is 3.20. The average molecular weight is 260 g/mol. The van der Waals surface area contributed by atoms with Crippen LogP contribution in [-0.2, 0) is 0 Å².